The fraction of sp³-hybridized carbons (Fsp3) is 0.714. The highest BCUT2D eigenvalue weighted by Crippen LogP contribution is 2.09. The molecule has 1 N–H and O–H groups in total. The van der Waals surface area contributed by atoms with Crippen LogP contribution < -0.4 is 0 Å². The monoisotopic (exact) mass is 169 g/mol. The van der Waals surface area contributed by atoms with Crippen LogP contribution in [0.5, 0.6) is 0 Å². The second-order valence-corrected chi connectivity index (χ2v) is 2.99. The molecule has 2 aliphatic rings. The summed E-state index contributed by atoms with van der Waals surface area (Å²) in [4.78, 5) is 18.4. The van der Waals surface area contributed by atoms with E-state index in [0.717, 1.165) is 25.5 Å². The van der Waals surface area contributed by atoms with Gasteiger partial charge in [-0.15, -0.1) is 0 Å². The first-order chi connectivity index (χ1) is 5.77. The predicted molar refractivity (Wildman–Crippen MR) is 43.5 cm³/mol. The number of nitrogens with zero attached hydrogens (tertiary/aromatic N) is 3. The number of aliphatic imine (C=N–C) groups is 1. The normalized spacial score (nSPS) is 22.2. The van der Waals surface area contributed by atoms with Gasteiger partial charge >= 0.3 is 6.09 Å². The van der Waals surface area contributed by atoms with Gasteiger partial charge in [-0.05, 0) is 0 Å². The molecule has 1 fully saturated rings. The van der Waals surface area contributed by atoms with Crippen LogP contribution in [0.2, 0.25) is 0 Å². The van der Waals surface area contributed by atoms with Crippen LogP contribution in [-0.4, -0.2) is 59.6 Å². The van der Waals surface area contributed by atoms with Crippen molar-refractivity contribution >= 4 is 11.9 Å². The number of rotatable bonds is 0. The zero-order chi connectivity index (χ0) is 8.55. The zero-order valence-electron chi connectivity index (χ0n) is 6.73. The van der Waals surface area contributed by atoms with Crippen LogP contribution in [0.25, 0.3) is 0 Å². The van der Waals surface area contributed by atoms with E-state index in [4.69, 9.17) is 5.11 Å². The van der Waals surface area contributed by atoms with Gasteiger partial charge in [0.1, 0.15) is 5.84 Å². The molecule has 5 heteroatoms. The molecule has 2 heterocycles. The quantitative estimate of drug-likeness (QED) is 0.541. The van der Waals surface area contributed by atoms with Crippen LogP contribution in [0, 0.1) is 0 Å². The fourth-order valence-corrected chi connectivity index (χ4v) is 1.57. The molecule has 2 rings (SSSR count). The number of fused-ring (bicyclic) bond motifs is 1. The lowest BCUT2D eigenvalue weighted by atomic mass is 10.3. The number of carbonyl (C=O) groups is 1. The number of carboxylic acid groups (broad SMARTS) is 1. The third-order valence-electron chi connectivity index (χ3n) is 2.27. The Balaban J connectivity index is 2.05. The highest BCUT2D eigenvalue weighted by atomic mass is 16.4. The Morgan fingerprint density at radius 2 is 2.25 bits per heavy atom. The van der Waals surface area contributed by atoms with E-state index < -0.39 is 6.09 Å². The molecule has 0 aromatic heterocycles. The minimum Gasteiger partial charge on any atom is -0.465 e. The maximum Gasteiger partial charge on any atom is 0.407 e. The lowest BCUT2D eigenvalue weighted by Crippen LogP contribution is -2.50. The first-order valence-electron chi connectivity index (χ1n) is 4.03. The predicted octanol–water partition coefficient (Wildman–Crippen LogP) is -0.306. The van der Waals surface area contributed by atoms with E-state index in [2.05, 4.69) is 9.89 Å². The summed E-state index contributed by atoms with van der Waals surface area (Å²) in [6, 6.07) is 0. The molecule has 66 valence electrons. The van der Waals surface area contributed by atoms with E-state index in [1.807, 2.05) is 0 Å². The summed E-state index contributed by atoms with van der Waals surface area (Å²) in [7, 11) is 0. The molecule has 0 bridgehead atoms. The molecular formula is C7H11N3O2. The van der Waals surface area contributed by atoms with Crippen molar-refractivity contribution in [3.63, 3.8) is 0 Å². The Morgan fingerprint density at radius 3 is 3.00 bits per heavy atom. The second kappa shape index (κ2) is 2.66. The number of amidine groups is 1. The van der Waals surface area contributed by atoms with Crippen molar-refractivity contribution in [1.29, 1.82) is 0 Å². The van der Waals surface area contributed by atoms with Gasteiger partial charge < -0.3 is 10.0 Å². The van der Waals surface area contributed by atoms with Gasteiger partial charge in [-0.2, -0.15) is 0 Å². The molecule has 0 spiro atoms. The molecule has 12 heavy (non-hydrogen) atoms. The van der Waals surface area contributed by atoms with Crippen molar-refractivity contribution in [2.45, 2.75) is 0 Å². The smallest absolute Gasteiger partial charge is 0.407 e. The lowest BCUT2D eigenvalue weighted by Gasteiger charge is -2.32. The third kappa shape index (κ3) is 1.11. The van der Waals surface area contributed by atoms with Gasteiger partial charge in [0.05, 0.1) is 13.1 Å². The number of hydrogen-bond acceptors (Lipinski definition) is 3. The van der Waals surface area contributed by atoms with Gasteiger partial charge in [-0.25, -0.2) is 4.79 Å². The van der Waals surface area contributed by atoms with Gasteiger partial charge in [0, 0.05) is 19.6 Å². The standard InChI is InChI=1S/C7H11N3O2/c11-7(12)10-4-3-9-2-1-8-6(9)5-10/h1-5H2,(H,11,12). The summed E-state index contributed by atoms with van der Waals surface area (Å²) in [6.07, 6.45) is -0.843. The van der Waals surface area contributed by atoms with E-state index in [1.165, 1.54) is 4.90 Å². The molecule has 0 radical (unpaired) electrons. The van der Waals surface area contributed by atoms with Crippen molar-refractivity contribution in [3.8, 4) is 0 Å². The zero-order valence-corrected chi connectivity index (χ0v) is 6.73. The number of hydrogen-bond donors (Lipinski definition) is 1. The molecule has 1 saturated heterocycles. The molecule has 0 aromatic carbocycles. The summed E-state index contributed by atoms with van der Waals surface area (Å²) in [6.45, 7) is 3.65. The molecule has 1 amide bonds. The summed E-state index contributed by atoms with van der Waals surface area (Å²) >= 11 is 0. The number of amides is 1. The van der Waals surface area contributed by atoms with Gasteiger partial charge in [-0.3, -0.25) is 9.89 Å². The molecule has 0 aromatic rings. The van der Waals surface area contributed by atoms with E-state index in [1.54, 1.807) is 0 Å². The Labute approximate surface area is 70.3 Å². The fourth-order valence-electron chi connectivity index (χ4n) is 1.57. The first kappa shape index (κ1) is 7.39. The van der Waals surface area contributed by atoms with Crippen molar-refractivity contribution in [1.82, 2.24) is 9.80 Å². The van der Waals surface area contributed by atoms with Gasteiger partial charge in [0.15, 0.2) is 0 Å². The van der Waals surface area contributed by atoms with Crippen LogP contribution >= 0.6 is 0 Å². The van der Waals surface area contributed by atoms with Gasteiger partial charge in [-0.1, -0.05) is 0 Å². The first-order valence-corrected chi connectivity index (χ1v) is 4.03. The maximum absolute atomic E-state index is 10.6. The van der Waals surface area contributed by atoms with E-state index in [-0.39, 0.29) is 0 Å². The molecular weight excluding hydrogens is 158 g/mol. The van der Waals surface area contributed by atoms with Gasteiger partial charge in [0.2, 0.25) is 0 Å². The van der Waals surface area contributed by atoms with Crippen LogP contribution in [0.3, 0.4) is 0 Å². The average molecular weight is 169 g/mol. The van der Waals surface area contributed by atoms with Crippen molar-refractivity contribution in [2.75, 3.05) is 32.7 Å². The molecule has 5 nitrogen and oxygen atoms in total. The summed E-state index contributed by atoms with van der Waals surface area (Å²) in [5.41, 5.74) is 0. The molecule has 2 aliphatic heterocycles. The molecule has 0 unspecified atom stereocenters. The molecule has 0 aliphatic carbocycles. The summed E-state index contributed by atoms with van der Waals surface area (Å²) in [5, 5.41) is 8.71. The highest BCUT2D eigenvalue weighted by Gasteiger charge is 2.27. The number of piperazine rings is 1. The SMILES string of the molecule is O=C(O)N1CCN2CCN=C2C1. The summed E-state index contributed by atoms with van der Waals surface area (Å²) in [5.74, 6) is 0.934. The topological polar surface area (TPSA) is 56.1 Å². The lowest BCUT2D eigenvalue weighted by molar-refractivity contribution is 0.142. The summed E-state index contributed by atoms with van der Waals surface area (Å²) < 4.78 is 0. The van der Waals surface area contributed by atoms with Crippen LogP contribution in [-0.2, 0) is 0 Å². The maximum atomic E-state index is 10.6. The van der Waals surface area contributed by atoms with Crippen molar-refractivity contribution in [3.05, 3.63) is 0 Å². The largest absolute Gasteiger partial charge is 0.465 e. The van der Waals surface area contributed by atoms with Crippen molar-refractivity contribution in [2.24, 2.45) is 4.99 Å². The minimum atomic E-state index is -0.843. The highest BCUT2D eigenvalue weighted by molar-refractivity contribution is 5.88. The Bertz CT molecular complexity index is 239. The second-order valence-electron chi connectivity index (χ2n) is 2.99. The van der Waals surface area contributed by atoms with E-state index >= 15 is 0 Å². The molecule has 0 atom stereocenters. The van der Waals surface area contributed by atoms with Gasteiger partial charge in [0.25, 0.3) is 0 Å². The molecule has 0 saturated carbocycles. The van der Waals surface area contributed by atoms with Crippen LogP contribution in [0.15, 0.2) is 4.99 Å². The average Bonchev–Trinajstić information content (AvgIpc) is 2.49. The Kier molecular flexibility index (Phi) is 1.64. The van der Waals surface area contributed by atoms with E-state index in [0.29, 0.717) is 13.1 Å². The van der Waals surface area contributed by atoms with Crippen LogP contribution in [0.4, 0.5) is 4.79 Å². The third-order valence-corrected chi connectivity index (χ3v) is 2.27. The van der Waals surface area contributed by atoms with Crippen LogP contribution in [0.1, 0.15) is 0 Å². The minimum absolute atomic E-state index is 0.468. The Morgan fingerprint density at radius 1 is 1.42 bits per heavy atom. The Hall–Kier alpha value is -1.26. The van der Waals surface area contributed by atoms with Crippen molar-refractivity contribution < 1.29 is 9.90 Å². The van der Waals surface area contributed by atoms with E-state index in [9.17, 15) is 4.79 Å².